The molecule has 0 saturated carbocycles. The predicted octanol–water partition coefficient (Wildman–Crippen LogP) is 3.02. The van der Waals surface area contributed by atoms with Gasteiger partial charge in [0.2, 0.25) is 0 Å². The highest BCUT2D eigenvalue weighted by Crippen LogP contribution is 2.31. The Labute approximate surface area is 161 Å². The molecule has 1 unspecified atom stereocenters. The lowest BCUT2D eigenvalue weighted by Crippen LogP contribution is -2.36. The van der Waals surface area contributed by atoms with Gasteiger partial charge in [0.25, 0.3) is 0 Å². The third-order valence-corrected chi connectivity index (χ3v) is 5.89. The van der Waals surface area contributed by atoms with E-state index in [-0.39, 0.29) is 6.61 Å². The van der Waals surface area contributed by atoms with Crippen LogP contribution < -0.4 is 9.80 Å². The van der Waals surface area contributed by atoms with E-state index in [0.29, 0.717) is 5.92 Å². The number of anilines is 2. The molecule has 5 nitrogen and oxygen atoms in total. The van der Waals surface area contributed by atoms with Crippen LogP contribution in [0.4, 0.5) is 11.5 Å². The van der Waals surface area contributed by atoms with Crippen LogP contribution in [-0.2, 0) is 4.74 Å². The molecule has 0 aliphatic carbocycles. The molecule has 2 saturated heterocycles. The predicted molar refractivity (Wildman–Crippen MR) is 110 cm³/mol. The van der Waals surface area contributed by atoms with Crippen molar-refractivity contribution in [2.75, 3.05) is 55.8 Å². The number of morpholine rings is 1. The highest BCUT2D eigenvalue weighted by molar-refractivity contribution is 5.67. The maximum absolute atomic E-state index is 9.46. The van der Waals surface area contributed by atoms with Crippen LogP contribution in [0.1, 0.15) is 17.5 Å². The number of pyridine rings is 1. The summed E-state index contributed by atoms with van der Waals surface area (Å²) in [7, 11) is 0. The summed E-state index contributed by atoms with van der Waals surface area (Å²) in [4.78, 5) is 9.70. The molecular formula is C22H29N3O2. The molecule has 1 aromatic carbocycles. The van der Waals surface area contributed by atoms with Gasteiger partial charge in [-0.3, -0.25) is 0 Å². The molecule has 2 fully saturated rings. The van der Waals surface area contributed by atoms with Gasteiger partial charge in [-0.25, -0.2) is 4.98 Å². The van der Waals surface area contributed by atoms with E-state index in [4.69, 9.17) is 9.72 Å². The van der Waals surface area contributed by atoms with Gasteiger partial charge in [-0.1, -0.05) is 12.1 Å². The lowest BCUT2D eigenvalue weighted by atomic mass is 10.0. The minimum Gasteiger partial charge on any atom is -0.396 e. The minimum absolute atomic E-state index is 0.261. The van der Waals surface area contributed by atoms with Crippen molar-refractivity contribution in [2.45, 2.75) is 20.3 Å². The van der Waals surface area contributed by atoms with E-state index < -0.39 is 0 Å². The van der Waals surface area contributed by atoms with E-state index in [0.717, 1.165) is 62.9 Å². The smallest absolute Gasteiger partial charge is 0.132 e. The van der Waals surface area contributed by atoms with Gasteiger partial charge in [0.1, 0.15) is 5.82 Å². The highest BCUT2D eigenvalue weighted by Gasteiger charge is 2.25. The molecule has 0 spiro atoms. The number of ether oxygens (including phenoxy) is 1. The van der Waals surface area contributed by atoms with E-state index in [1.54, 1.807) is 0 Å². The van der Waals surface area contributed by atoms with Crippen LogP contribution in [0.15, 0.2) is 30.3 Å². The number of aliphatic hydroxyl groups is 1. The van der Waals surface area contributed by atoms with E-state index in [1.165, 1.54) is 16.8 Å². The SMILES string of the molecule is Cc1cc(-c2ccc(N3CCOCC3)cc2)nc(N2CCC(CO)C2)c1C. The first-order valence-corrected chi connectivity index (χ1v) is 9.93. The molecular weight excluding hydrogens is 338 g/mol. The monoisotopic (exact) mass is 367 g/mol. The quantitative estimate of drug-likeness (QED) is 0.900. The summed E-state index contributed by atoms with van der Waals surface area (Å²) in [5.41, 5.74) is 5.92. The van der Waals surface area contributed by atoms with Crippen LogP contribution in [0, 0.1) is 19.8 Å². The van der Waals surface area contributed by atoms with Crippen molar-refractivity contribution in [2.24, 2.45) is 5.92 Å². The first-order chi connectivity index (χ1) is 13.2. The van der Waals surface area contributed by atoms with Gasteiger partial charge < -0.3 is 19.6 Å². The largest absolute Gasteiger partial charge is 0.396 e. The number of hydrogen-bond acceptors (Lipinski definition) is 5. The molecule has 1 aromatic heterocycles. The standard InChI is InChI=1S/C22H29N3O2/c1-16-13-21(23-22(17(16)2)25-8-7-18(14-25)15-26)19-3-5-20(6-4-19)24-9-11-27-12-10-24/h3-6,13,18,26H,7-12,14-15H2,1-2H3. The van der Waals surface area contributed by atoms with Crippen molar-refractivity contribution in [3.8, 4) is 11.3 Å². The number of benzene rings is 1. The Balaban J connectivity index is 1.60. The van der Waals surface area contributed by atoms with Crippen LogP contribution in [0.5, 0.6) is 0 Å². The molecule has 4 rings (SSSR count). The van der Waals surface area contributed by atoms with Gasteiger partial charge in [0.15, 0.2) is 0 Å². The maximum Gasteiger partial charge on any atom is 0.132 e. The van der Waals surface area contributed by atoms with Crippen LogP contribution in [0.2, 0.25) is 0 Å². The molecule has 27 heavy (non-hydrogen) atoms. The number of hydrogen-bond donors (Lipinski definition) is 1. The normalized spacial score (nSPS) is 20.3. The zero-order valence-corrected chi connectivity index (χ0v) is 16.3. The lowest BCUT2D eigenvalue weighted by Gasteiger charge is -2.29. The average Bonchev–Trinajstić information content (AvgIpc) is 3.20. The second-order valence-electron chi connectivity index (χ2n) is 7.70. The van der Waals surface area contributed by atoms with Gasteiger partial charge in [-0.05, 0) is 49.6 Å². The molecule has 5 heteroatoms. The van der Waals surface area contributed by atoms with Crippen LogP contribution in [0.3, 0.4) is 0 Å². The van der Waals surface area contributed by atoms with Crippen molar-refractivity contribution in [3.63, 3.8) is 0 Å². The number of nitrogens with zero attached hydrogens (tertiary/aromatic N) is 3. The Morgan fingerprint density at radius 1 is 1.07 bits per heavy atom. The molecule has 0 radical (unpaired) electrons. The van der Waals surface area contributed by atoms with Gasteiger partial charge in [0.05, 0.1) is 18.9 Å². The number of rotatable bonds is 4. The van der Waals surface area contributed by atoms with Crippen LogP contribution in [0.25, 0.3) is 11.3 Å². The number of aryl methyl sites for hydroxylation is 1. The molecule has 144 valence electrons. The molecule has 2 aliphatic rings. The molecule has 1 atom stereocenters. The van der Waals surface area contributed by atoms with Crippen molar-refractivity contribution in [1.29, 1.82) is 0 Å². The Hall–Kier alpha value is -2.11. The third-order valence-electron chi connectivity index (χ3n) is 5.89. The Morgan fingerprint density at radius 3 is 2.48 bits per heavy atom. The molecule has 2 aliphatic heterocycles. The van der Waals surface area contributed by atoms with E-state index in [2.05, 4.69) is 54.0 Å². The van der Waals surface area contributed by atoms with Crippen molar-refractivity contribution >= 4 is 11.5 Å². The molecule has 1 N–H and O–H groups in total. The fraction of sp³-hybridized carbons (Fsp3) is 0.500. The zero-order valence-electron chi connectivity index (χ0n) is 16.3. The first-order valence-electron chi connectivity index (χ1n) is 9.93. The summed E-state index contributed by atoms with van der Waals surface area (Å²) in [5.74, 6) is 1.43. The van der Waals surface area contributed by atoms with E-state index in [9.17, 15) is 5.11 Å². The molecule has 0 bridgehead atoms. The van der Waals surface area contributed by atoms with Gasteiger partial charge >= 0.3 is 0 Å². The molecule has 0 amide bonds. The van der Waals surface area contributed by atoms with Crippen molar-refractivity contribution < 1.29 is 9.84 Å². The van der Waals surface area contributed by atoms with E-state index in [1.807, 2.05) is 0 Å². The summed E-state index contributed by atoms with van der Waals surface area (Å²) < 4.78 is 5.44. The van der Waals surface area contributed by atoms with Crippen molar-refractivity contribution in [1.82, 2.24) is 4.98 Å². The minimum atomic E-state index is 0.261. The van der Waals surface area contributed by atoms with Crippen molar-refractivity contribution in [3.05, 3.63) is 41.5 Å². The fourth-order valence-corrected chi connectivity index (χ4v) is 4.01. The maximum atomic E-state index is 9.46. The van der Waals surface area contributed by atoms with Gasteiger partial charge in [0, 0.05) is 50.0 Å². The Bertz CT molecular complexity index is 785. The van der Waals surface area contributed by atoms with Gasteiger partial charge in [-0.15, -0.1) is 0 Å². The summed E-state index contributed by atoms with van der Waals surface area (Å²) in [6, 6.07) is 10.9. The third kappa shape index (κ3) is 3.80. The summed E-state index contributed by atoms with van der Waals surface area (Å²) in [6.45, 7) is 9.93. The average molecular weight is 367 g/mol. The number of aromatic nitrogens is 1. The summed E-state index contributed by atoms with van der Waals surface area (Å²) >= 11 is 0. The lowest BCUT2D eigenvalue weighted by molar-refractivity contribution is 0.122. The van der Waals surface area contributed by atoms with E-state index >= 15 is 0 Å². The second-order valence-corrected chi connectivity index (χ2v) is 7.70. The highest BCUT2D eigenvalue weighted by atomic mass is 16.5. The Kier molecular flexibility index (Phi) is 5.32. The summed E-state index contributed by atoms with van der Waals surface area (Å²) in [5, 5.41) is 9.46. The van der Waals surface area contributed by atoms with Crippen LogP contribution >= 0.6 is 0 Å². The number of aliphatic hydroxyl groups excluding tert-OH is 1. The first kappa shape index (κ1) is 18.3. The Morgan fingerprint density at radius 2 is 1.81 bits per heavy atom. The molecule has 3 heterocycles. The van der Waals surface area contributed by atoms with Gasteiger partial charge in [-0.2, -0.15) is 0 Å². The second kappa shape index (κ2) is 7.87. The zero-order chi connectivity index (χ0) is 18.8. The topological polar surface area (TPSA) is 48.8 Å². The summed E-state index contributed by atoms with van der Waals surface area (Å²) in [6.07, 6.45) is 1.04. The fourth-order valence-electron chi connectivity index (χ4n) is 4.01. The van der Waals surface area contributed by atoms with Crippen LogP contribution in [-0.4, -0.2) is 56.1 Å². The molecule has 2 aromatic rings.